The molecule has 1 N–H and O–H groups in total. The molecular formula is C19H22ClNO2. The lowest BCUT2D eigenvalue weighted by Gasteiger charge is -2.29. The van der Waals surface area contributed by atoms with Gasteiger partial charge in [-0.3, -0.25) is 0 Å². The number of hydrogen-bond donors (Lipinski definition) is 1. The Balaban J connectivity index is 2.02. The standard InChI is InChI=1S/C19H22ClNO2/c1-3-22-17-11-14-9-10-21-19(13-5-7-15(20)8-6-13)16(14)12-18(17)23-4-2/h5-8,11-12,19,21H,3-4,9-10H2,1-2H3/t19-/m0/s1. The summed E-state index contributed by atoms with van der Waals surface area (Å²) in [7, 11) is 0. The second kappa shape index (κ2) is 7.24. The number of nitrogens with one attached hydrogen (secondary N) is 1. The van der Waals surface area contributed by atoms with Crippen molar-refractivity contribution in [1.82, 2.24) is 5.32 Å². The van der Waals surface area contributed by atoms with Crippen LogP contribution in [0.15, 0.2) is 36.4 Å². The molecule has 0 saturated heterocycles. The molecule has 0 aromatic heterocycles. The van der Waals surface area contributed by atoms with E-state index in [1.54, 1.807) is 0 Å². The summed E-state index contributed by atoms with van der Waals surface area (Å²) in [6, 6.07) is 12.4. The molecule has 0 unspecified atom stereocenters. The summed E-state index contributed by atoms with van der Waals surface area (Å²) in [5, 5.41) is 4.35. The highest BCUT2D eigenvalue weighted by molar-refractivity contribution is 6.30. The molecule has 1 heterocycles. The van der Waals surface area contributed by atoms with E-state index in [0.717, 1.165) is 29.5 Å². The quantitative estimate of drug-likeness (QED) is 0.882. The first-order valence-electron chi connectivity index (χ1n) is 8.14. The number of hydrogen-bond acceptors (Lipinski definition) is 3. The molecule has 0 spiro atoms. The van der Waals surface area contributed by atoms with E-state index in [9.17, 15) is 0 Å². The van der Waals surface area contributed by atoms with E-state index < -0.39 is 0 Å². The molecule has 2 aromatic carbocycles. The molecule has 1 atom stereocenters. The smallest absolute Gasteiger partial charge is 0.161 e. The maximum absolute atomic E-state index is 6.02. The first-order chi connectivity index (χ1) is 11.2. The van der Waals surface area contributed by atoms with Crippen LogP contribution in [0.4, 0.5) is 0 Å². The molecular weight excluding hydrogens is 310 g/mol. The van der Waals surface area contributed by atoms with Crippen LogP contribution in [0.5, 0.6) is 11.5 Å². The number of benzene rings is 2. The topological polar surface area (TPSA) is 30.5 Å². The molecule has 2 aromatic rings. The lowest BCUT2D eigenvalue weighted by Crippen LogP contribution is -2.30. The van der Waals surface area contributed by atoms with Crippen LogP contribution in [0.25, 0.3) is 0 Å². The molecule has 0 saturated carbocycles. The third kappa shape index (κ3) is 3.46. The molecule has 3 rings (SSSR count). The van der Waals surface area contributed by atoms with Crippen molar-refractivity contribution >= 4 is 11.6 Å². The second-order valence-corrected chi connectivity index (χ2v) is 5.99. The van der Waals surface area contributed by atoms with E-state index in [-0.39, 0.29) is 6.04 Å². The highest BCUT2D eigenvalue weighted by Gasteiger charge is 2.24. The Bertz CT molecular complexity index is 670. The van der Waals surface area contributed by atoms with E-state index in [0.29, 0.717) is 13.2 Å². The van der Waals surface area contributed by atoms with Crippen molar-refractivity contribution in [2.45, 2.75) is 26.3 Å². The lowest BCUT2D eigenvalue weighted by molar-refractivity contribution is 0.286. The Labute approximate surface area is 142 Å². The average Bonchev–Trinajstić information content (AvgIpc) is 2.56. The summed E-state index contributed by atoms with van der Waals surface area (Å²) in [4.78, 5) is 0. The first-order valence-corrected chi connectivity index (χ1v) is 8.52. The van der Waals surface area contributed by atoms with Gasteiger partial charge in [-0.1, -0.05) is 23.7 Å². The van der Waals surface area contributed by atoms with Gasteiger partial charge in [0.25, 0.3) is 0 Å². The molecule has 3 nitrogen and oxygen atoms in total. The number of rotatable bonds is 5. The van der Waals surface area contributed by atoms with Gasteiger partial charge in [-0.05, 0) is 61.2 Å². The molecule has 23 heavy (non-hydrogen) atoms. The van der Waals surface area contributed by atoms with Gasteiger partial charge in [-0.25, -0.2) is 0 Å². The maximum atomic E-state index is 6.02. The molecule has 0 fully saturated rings. The van der Waals surface area contributed by atoms with Gasteiger partial charge in [-0.15, -0.1) is 0 Å². The fourth-order valence-corrected chi connectivity index (χ4v) is 3.18. The van der Waals surface area contributed by atoms with Gasteiger partial charge >= 0.3 is 0 Å². The molecule has 0 bridgehead atoms. The Morgan fingerprint density at radius 2 is 1.70 bits per heavy atom. The number of ether oxygens (including phenoxy) is 2. The summed E-state index contributed by atoms with van der Waals surface area (Å²) >= 11 is 6.02. The van der Waals surface area contributed by atoms with Crippen molar-refractivity contribution in [3.63, 3.8) is 0 Å². The third-order valence-electron chi connectivity index (χ3n) is 4.06. The Morgan fingerprint density at radius 3 is 2.35 bits per heavy atom. The molecule has 1 aliphatic heterocycles. The molecule has 0 radical (unpaired) electrons. The van der Waals surface area contributed by atoms with Crippen LogP contribution in [0, 0.1) is 0 Å². The first kappa shape index (κ1) is 16.2. The van der Waals surface area contributed by atoms with Gasteiger partial charge in [0.1, 0.15) is 0 Å². The molecule has 1 aliphatic rings. The van der Waals surface area contributed by atoms with Gasteiger partial charge in [-0.2, -0.15) is 0 Å². The van der Waals surface area contributed by atoms with E-state index in [2.05, 4.69) is 29.6 Å². The third-order valence-corrected chi connectivity index (χ3v) is 4.31. The van der Waals surface area contributed by atoms with E-state index in [4.69, 9.17) is 21.1 Å². The summed E-state index contributed by atoms with van der Waals surface area (Å²) in [6.45, 7) is 6.19. The summed E-state index contributed by atoms with van der Waals surface area (Å²) in [6.07, 6.45) is 0.992. The SMILES string of the molecule is CCOc1cc2c(cc1OCC)[C@H](c1ccc(Cl)cc1)NCC2. The van der Waals surface area contributed by atoms with Crippen molar-refractivity contribution in [1.29, 1.82) is 0 Å². The van der Waals surface area contributed by atoms with Gasteiger partial charge in [0, 0.05) is 11.6 Å². The van der Waals surface area contributed by atoms with Gasteiger partial charge in [0.2, 0.25) is 0 Å². The number of halogens is 1. The summed E-state index contributed by atoms with van der Waals surface area (Å²) in [5.74, 6) is 1.65. The number of fused-ring (bicyclic) bond motifs is 1. The van der Waals surface area contributed by atoms with Crippen LogP contribution in [0.2, 0.25) is 5.02 Å². The second-order valence-electron chi connectivity index (χ2n) is 5.55. The maximum Gasteiger partial charge on any atom is 0.161 e. The van der Waals surface area contributed by atoms with Crippen molar-refractivity contribution in [2.75, 3.05) is 19.8 Å². The van der Waals surface area contributed by atoms with Crippen LogP contribution in [0.1, 0.15) is 36.6 Å². The fourth-order valence-electron chi connectivity index (χ4n) is 3.05. The van der Waals surface area contributed by atoms with Crippen LogP contribution < -0.4 is 14.8 Å². The molecule has 122 valence electrons. The van der Waals surface area contributed by atoms with Gasteiger partial charge in [0.05, 0.1) is 19.3 Å². The predicted octanol–water partition coefficient (Wildman–Crippen LogP) is 4.37. The van der Waals surface area contributed by atoms with Crippen LogP contribution >= 0.6 is 11.6 Å². The van der Waals surface area contributed by atoms with Crippen molar-refractivity contribution in [2.24, 2.45) is 0 Å². The minimum Gasteiger partial charge on any atom is -0.490 e. The van der Waals surface area contributed by atoms with Crippen molar-refractivity contribution < 1.29 is 9.47 Å². The molecule has 4 heteroatoms. The Morgan fingerprint density at radius 1 is 1.04 bits per heavy atom. The van der Waals surface area contributed by atoms with Crippen molar-refractivity contribution in [3.05, 3.63) is 58.1 Å². The predicted molar refractivity (Wildman–Crippen MR) is 93.8 cm³/mol. The summed E-state index contributed by atoms with van der Waals surface area (Å²) < 4.78 is 11.5. The molecule has 0 amide bonds. The van der Waals surface area contributed by atoms with Crippen molar-refractivity contribution in [3.8, 4) is 11.5 Å². The monoisotopic (exact) mass is 331 g/mol. The summed E-state index contributed by atoms with van der Waals surface area (Å²) in [5.41, 5.74) is 3.78. The fraction of sp³-hybridized carbons (Fsp3) is 0.368. The van der Waals surface area contributed by atoms with E-state index in [1.165, 1.54) is 16.7 Å². The van der Waals surface area contributed by atoms with Gasteiger partial charge < -0.3 is 14.8 Å². The minimum atomic E-state index is 0.158. The zero-order valence-corrected chi connectivity index (χ0v) is 14.3. The normalized spacial score (nSPS) is 16.7. The van der Waals surface area contributed by atoms with E-state index >= 15 is 0 Å². The zero-order valence-electron chi connectivity index (χ0n) is 13.6. The zero-order chi connectivity index (χ0) is 16.2. The van der Waals surface area contributed by atoms with Crippen LogP contribution in [-0.2, 0) is 6.42 Å². The minimum absolute atomic E-state index is 0.158. The van der Waals surface area contributed by atoms with Crippen LogP contribution in [-0.4, -0.2) is 19.8 Å². The van der Waals surface area contributed by atoms with Gasteiger partial charge in [0.15, 0.2) is 11.5 Å². The molecule has 0 aliphatic carbocycles. The Hall–Kier alpha value is -1.71. The largest absolute Gasteiger partial charge is 0.490 e. The van der Waals surface area contributed by atoms with E-state index in [1.807, 2.05) is 26.0 Å². The van der Waals surface area contributed by atoms with Crippen LogP contribution in [0.3, 0.4) is 0 Å². The Kier molecular flexibility index (Phi) is 5.09. The highest BCUT2D eigenvalue weighted by atomic mass is 35.5. The lowest BCUT2D eigenvalue weighted by atomic mass is 9.89. The average molecular weight is 332 g/mol. The highest BCUT2D eigenvalue weighted by Crippen LogP contribution is 2.37.